The zero-order valence-corrected chi connectivity index (χ0v) is 10.6. The molecule has 86 valence electrons. The number of benzene rings is 1. The molecule has 1 fully saturated rings. The van der Waals surface area contributed by atoms with Crippen LogP contribution in [0.15, 0.2) is 23.8 Å². The number of rotatable bonds is 1. The first-order chi connectivity index (χ1) is 7.77. The summed E-state index contributed by atoms with van der Waals surface area (Å²) in [7, 11) is 0. The highest BCUT2D eigenvalue weighted by Crippen LogP contribution is 2.28. The second-order valence-corrected chi connectivity index (χ2v) is 4.86. The molecule has 0 spiro atoms. The summed E-state index contributed by atoms with van der Waals surface area (Å²) in [5.41, 5.74) is 2.39. The Kier molecular flexibility index (Phi) is 4.28. The molecule has 1 aliphatic heterocycles. The third-order valence-corrected chi connectivity index (χ3v) is 3.48. The van der Waals surface area contributed by atoms with Gasteiger partial charge in [-0.2, -0.15) is 0 Å². The molecule has 1 N–H and O–H groups in total. The van der Waals surface area contributed by atoms with Gasteiger partial charge in [0.2, 0.25) is 0 Å². The monoisotopic (exact) mass is 255 g/mol. The SMILES string of the molecule is Clc1cccc(Cl)c1/C=C1/CCCNCC1. The van der Waals surface area contributed by atoms with E-state index >= 15 is 0 Å². The molecule has 0 aliphatic carbocycles. The maximum atomic E-state index is 6.14. The second-order valence-electron chi connectivity index (χ2n) is 4.04. The molecule has 16 heavy (non-hydrogen) atoms. The Morgan fingerprint density at radius 1 is 1.06 bits per heavy atom. The van der Waals surface area contributed by atoms with Crippen LogP contribution in [0.3, 0.4) is 0 Å². The van der Waals surface area contributed by atoms with Crippen LogP contribution in [0.4, 0.5) is 0 Å². The van der Waals surface area contributed by atoms with Crippen LogP contribution in [0.25, 0.3) is 6.08 Å². The highest BCUT2D eigenvalue weighted by Gasteiger charge is 2.07. The minimum Gasteiger partial charge on any atom is -0.316 e. The van der Waals surface area contributed by atoms with Crippen molar-refractivity contribution in [2.24, 2.45) is 0 Å². The molecule has 0 radical (unpaired) electrons. The van der Waals surface area contributed by atoms with Crippen molar-refractivity contribution in [2.75, 3.05) is 13.1 Å². The molecular formula is C13H15Cl2N. The first-order valence-electron chi connectivity index (χ1n) is 5.61. The van der Waals surface area contributed by atoms with Crippen LogP contribution in [0, 0.1) is 0 Å². The van der Waals surface area contributed by atoms with E-state index in [1.807, 2.05) is 18.2 Å². The van der Waals surface area contributed by atoms with E-state index in [0.29, 0.717) is 0 Å². The van der Waals surface area contributed by atoms with Crippen LogP contribution in [0.5, 0.6) is 0 Å². The number of halogens is 2. The number of hydrogen-bond acceptors (Lipinski definition) is 1. The summed E-state index contributed by atoms with van der Waals surface area (Å²) >= 11 is 12.3. The van der Waals surface area contributed by atoms with E-state index in [-0.39, 0.29) is 0 Å². The van der Waals surface area contributed by atoms with Crippen molar-refractivity contribution in [3.63, 3.8) is 0 Å². The Labute approximate surface area is 106 Å². The first kappa shape index (κ1) is 12.0. The highest BCUT2D eigenvalue weighted by molar-refractivity contribution is 6.37. The molecular weight excluding hydrogens is 241 g/mol. The van der Waals surface area contributed by atoms with Crippen molar-refractivity contribution < 1.29 is 0 Å². The Morgan fingerprint density at radius 3 is 2.56 bits per heavy atom. The minimum absolute atomic E-state index is 0.734. The lowest BCUT2D eigenvalue weighted by Crippen LogP contribution is -2.13. The van der Waals surface area contributed by atoms with Gasteiger partial charge in [0.05, 0.1) is 0 Å². The predicted octanol–water partition coefficient (Wildman–Crippen LogP) is 4.15. The molecule has 1 heterocycles. The molecule has 1 aromatic rings. The maximum Gasteiger partial charge on any atom is 0.0493 e. The quantitative estimate of drug-likeness (QED) is 0.795. The predicted molar refractivity (Wildman–Crippen MR) is 71.2 cm³/mol. The summed E-state index contributed by atoms with van der Waals surface area (Å²) in [6, 6.07) is 5.64. The fraction of sp³-hybridized carbons (Fsp3) is 0.385. The Bertz CT molecular complexity index is 369. The van der Waals surface area contributed by atoms with Crippen LogP contribution in [-0.2, 0) is 0 Å². The lowest BCUT2D eigenvalue weighted by atomic mass is 10.0. The maximum absolute atomic E-state index is 6.14. The van der Waals surface area contributed by atoms with Crippen molar-refractivity contribution in [2.45, 2.75) is 19.3 Å². The average Bonchev–Trinajstić information content (AvgIpc) is 2.52. The van der Waals surface area contributed by atoms with E-state index in [1.54, 1.807) is 0 Å². The zero-order chi connectivity index (χ0) is 11.4. The topological polar surface area (TPSA) is 12.0 Å². The van der Waals surface area contributed by atoms with Gasteiger partial charge in [0.15, 0.2) is 0 Å². The van der Waals surface area contributed by atoms with Crippen LogP contribution in [0.2, 0.25) is 10.0 Å². The first-order valence-corrected chi connectivity index (χ1v) is 6.37. The summed E-state index contributed by atoms with van der Waals surface area (Å²) in [5.74, 6) is 0. The summed E-state index contributed by atoms with van der Waals surface area (Å²) in [6.07, 6.45) is 5.56. The Morgan fingerprint density at radius 2 is 1.81 bits per heavy atom. The third kappa shape index (κ3) is 3.00. The van der Waals surface area contributed by atoms with Crippen molar-refractivity contribution >= 4 is 29.3 Å². The molecule has 0 saturated carbocycles. The van der Waals surface area contributed by atoms with E-state index in [0.717, 1.165) is 41.5 Å². The molecule has 0 unspecified atom stereocenters. The van der Waals surface area contributed by atoms with Crippen LogP contribution in [0.1, 0.15) is 24.8 Å². The van der Waals surface area contributed by atoms with E-state index in [1.165, 1.54) is 12.0 Å². The summed E-state index contributed by atoms with van der Waals surface area (Å²) in [5, 5.41) is 4.85. The highest BCUT2D eigenvalue weighted by atomic mass is 35.5. The smallest absolute Gasteiger partial charge is 0.0493 e. The van der Waals surface area contributed by atoms with Crippen LogP contribution >= 0.6 is 23.2 Å². The van der Waals surface area contributed by atoms with Gasteiger partial charge in [-0.15, -0.1) is 0 Å². The van der Waals surface area contributed by atoms with Gasteiger partial charge >= 0.3 is 0 Å². The minimum atomic E-state index is 0.734. The largest absolute Gasteiger partial charge is 0.316 e. The summed E-state index contributed by atoms with van der Waals surface area (Å²) < 4.78 is 0. The van der Waals surface area contributed by atoms with Crippen molar-refractivity contribution in [3.05, 3.63) is 39.4 Å². The lowest BCUT2D eigenvalue weighted by molar-refractivity contribution is 0.703. The normalized spacial score (nSPS) is 19.8. The molecule has 1 nitrogen and oxygen atoms in total. The summed E-state index contributed by atoms with van der Waals surface area (Å²) in [6.45, 7) is 2.15. The van der Waals surface area contributed by atoms with E-state index in [4.69, 9.17) is 23.2 Å². The van der Waals surface area contributed by atoms with E-state index < -0.39 is 0 Å². The average molecular weight is 256 g/mol. The molecule has 0 aromatic heterocycles. The second kappa shape index (κ2) is 5.72. The molecule has 1 aromatic carbocycles. The van der Waals surface area contributed by atoms with Gasteiger partial charge < -0.3 is 5.32 Å². The number of nitrogens with one attached hydrogen (secondary N) is 1. The van der Waals surface area contributed by atoms with Gasteiger partial charge in [-0.1, -0.05) is 40.9 Å². The molecule has 1 aliphatic rings. The van der Waals surface area contributed by atoms with Crippen molar-refractivity contribution in [1.82, 2.24) is 5.32 Å². The Hall–Kier alpha value is -0.500. The van der Waals surface area contributed by atoms with Gasteiger partial charge in [-0.3, -0.25) is 0 Å². The molecule has 2 rings (SSSR count). The number of hydrogen-bond donors (Lipinski definition) is 1. The fourth-order valence-electron chi connectivity index (χ4n) is 1.94. The van der Waals surface area contributed by atoms with Gasteiger partial charge in [0.25, 0.3) is 0 Å². The molecule has 0 atom stereocenters. The van der Waals surface area contributed by atoms with Gasteiger partial charge in [-0.25, -0.2) is 0 Å². The van der Waals surface area contributed by atoms with E-state index in [2.05, 4.69) is 11.4 Å². The van der Waals surface area contributed by atoms with Crippen molar-refractivity contribution in [1.29, 1.82) is 0 Å². The molecule has 0 amide bonds. The Balaban J connectivity index is 2.26. The van der Waals surface area contributed by atoms with Crippen LogP contribution < -0.4 is 5.32 Å². The third-order valence-electron chi connectivity index (χ3n) is 2.82. The molecule has 0 bridgehead atoms. The standard InChI is InChI=1S/C13H15Cl2N/c14-12-4-1-5-13(15)11(12)9-10-3-2-7-16-8-6-10/h1,4-5,9,16H,2-3,6-8H2/b10-9-. The molecule has 3 heteroatoms. The van der Waals surface area contributed by atoms with Gasteiger partial charge in [0.1, 0.15) is 0 Å². The van der Waals surface area contributed by atoms with E-state index in [9.17, 15) is 0 Å². The summed E-state index contributed by atoms with van der Waals surface area (Å²) in [4.78, 5) is 0. The zero-order valence-electron chi connectivity index (χ0n) is 9.10. The van der Waals surface area contributed by atoms with Gasteiger partial charge in [0, 0.05) is 15.6 Å². The fourth-order valence-corrected chi connectivity index (χ4v) is 2.44. The lowest BCUT2D eigenvalue weighted by Gasteiger charge is -2.05. The van der Waals surface area contributed by atoms with Crippen LogP contribution in [-0.4, -0.2) is 13.1 Å². The van der Waals surface area contributed by atoms with Gasteiger partial charge in [-0.05, 0) is 44.5 Å². The van der Waals surface area contributed by atoms with Crippen molar-refractivity contribution in [3.8, 4) is 0 Å². The molecule has 1 saturated heterocycles.